The number of hydrogen-bond acceptors (Lipinski definition) is 5. The standard InChI is InChI=1S/C17H11ClN2OS3/c1-9-4-5-13(24-9)11-8-23-17-14(11)16(21)19-15(20-17)12(18)7-10-3-2-6-22-10/h2-8H,1H3,(H,19,20,21)/b12-7-. The van der Waals surface area contributed by atoms with Crippen LogP contribution in [0.2, 0.25) is 0 Å². The number of hydrogen-bond donors (Lipinski definition) is 1. The van der Waals surface area contributed by atoms with Crippen molar-refractivity contribution in [3.8, 4) is 10.4 Å². The van der Waals surface area contributed by atoms with E-state index in [2.05, 4.69) is 23.0 Å². The molecule has 0 radical (unpaired) electrons. The molecule has 0 saturated heterocycles. The third kappa shape index (κ3) is 2.86. The Balaban J connectivity index is 1.83. The maximum atomic E-state index is 12.6. The lowest BCUT2D eigenvalue weighted by Crippen LogP contribution is -2.09. The Labute approximate surface area is 154 Å². The predicted molar refractivity (Wildman–Crippen MR) is 106 cm³/mol. The first-order valence-corrected chi connectivity index (χ1v) is 10.1. The number of halogens is 1. The fourth-order valence-electron chi connectivity index (χ4n) is 2.39. The van der Waals surface area contributed by atoms with Crippen molar-refractivity contribution in [1.82, 2.24) is 9.97 Å². The number of fused-ring (bicyclic) bond motifs is 1. The minimum Gasteiger partial charge on any atom is -0.305 e. The van der Waals surface area contributed by atoms with Crippen molar-refractivity contribution in [3.05, 3.63) is 61.0 Å². The van der Waals surface area contributed by atoms with Gasteiger partial charge in [0, 0.05) is 25.6 Å². The van der Waals surface area contributed by atoms with Crippen LogP contribution >= 0.6 is 45.6 Å². The van der Waals surface area contributed by atoms with Gasteiger partial charge in [-0.3, -0.25) is 4.79 Å². The van der Waals surface area contributed by atoms with Gasteiger partial charge in [0.1, 0.15) is 4.83 Å². The van der Waals surface area contributed by atoms with Crippen LogP contribution in [0.1, 0.15) is 15.6 Å². The van der Waals surface area contributed by atoms with Crippen molar-refractivity contribution in [3.63, 3.8) is 0 Å². The van der Waals surface area contributed by atoms with Crippen molar-refractivity contribution < 1.29 is 0 Å². The van der Waals surface area contributed by atoms with E-state index in [0.717, 1.165) is 15.3 Å². The average molecular weight is 391 g/mol. The van der Waals surface area contributed by atoms with E-state index >= 15 is 0 Å². The topological polar surface area (TPSA) is 45.8 Å². The van der Waals surface area contributed by atoms with E-state index in [4.69, 9.17) is 11.6 Å². The summed E-state index contributed by atoms with van der Waals surface area (Å²) in [7, 11) is 0. The molecule has 7 heteroatoms. The molecular weight excluding hydrogens is 380 g/mol. The third-order valence-corrected chi connectivity index (χ3v) is 6.50. The van der Waals surface area contributed by atoms with Gasteiger partial charge in [-0.15, -0.1) is 34.0 Å². The minimum atomic E-state index is -0.157. The van der Waals surface area contributed by atoms with Gasteiger partial charge >= 0.3 is 0 Å². The first-order valence-electron chi connectivity index (χ1n) is 7.11. The minimum absolute atomic E-state index is 0.157. The summed E-state index contributed by atoms with van der Waals surface area (Å²) in [6, 6.07) is 8.01. The monoisotopic (exact) mass is 390 g/mol. The van der Waals surface area contributed by atoms with Gasteiger partial charge in [0.05, 0.1) is 10.4 Å². The van der Waals surface area contributed by atoms with Crippen LogP contribution in [0.5, 0.6) is 0 Å². The van der Waals surface area contributed by atoms with Crippen LogP contribution in [0.4, 0.5) is 0 Å². The molecule has 0 aromatic carbocycles. The summed E-state index contributed by atoms with van der Waals surface area (Å²) in [5, 5.41) is 5.02. The molecule has 0 amide bonds. The van der Waals surface area contributed by atoms with E-state index in [1.54, 1.807) is 22.7 Å². The summed E-state index contributed by atoms with van der Waals surface area (Å²) in [5.74, 6) is 0.401. The molecule has 0 aliphatic rings. The van der Waals surface area contributed by atoms with Crippen LogP contribution in [0.3, 0.4) is 0 Å². The van der Waals surface area contributed by atoms with Crippen LogP contribution in [0.15, 0.2) is 39.8 Å². The molecule has 4 aromatic heterocycles. The summed E-state index contributed by atoms with van der Waals surface area (Å²) in [5.41, 5.74) is 0.779. The number of aromatic nitrogens is 2. The highest BCUT2D eigenvalue weighted by molar-refractivity contribution is 7.19. The maximum Gasteiger partial charge on any atom is 0.260 e. The molecule has 3 nitrogen and oxygen atoms in total. The van der Waals surface area contributed by atoms with Gasteiger partial charge in [-0.2, -0.15) is 0 Å². The van der Waals surface area contributed by atoms with E-state index in [-0.39, 0.29) is 5.56 Å². The first kappa shape index (κ1) is 15.8. The fraction of sp³-hybridized carbons (Fsp3) is 0.0588. The Morgan fingerprint density at radius 2 is 2.17 bits per heavy atom. The smallest absolute Gasteiger partial charge is 0.260 e. The van der Waals surface area contributed by atoms with Gasteiger partial charge in [-0.1, -0.05) is 17.7 Å². The molecule has 0 bridgehead atoms. The highest BCUT2D eigenvalue weighted by Gasteiger charge is 2.15. The highest BCUT2D eigenvalue weighted by Crippen LogP contribution is 2.35. The number of aryl methyl sites for hydroxylation is 1. The van der Waals surface area contributed by atoms with Gasteiger partial charge in [-0.25, -0.2) is 4.98 Å². The zero-order valence-corrected chi connectivity index (χ0v) is 15.7. The molecule has 0 unspecified atom stereocenters. The highest BCUT2D eigenvalue weighted by atomic mass is 35.5. The lowest BCUT2D eigenvalue weighted by molar-refractivity contribution is 1.14. The van der Waals surface area contributed by atoms with Gasteiger partial charge in [0.2, 0.25) is 0 Å². The zero-order chi connectivity index (χ0) is 16.7. The SMILES string of the molecule is Cc1ccc(-c2csc3nc(/C(Cl)=C/c4cccs4)[nH]c(=O)c23)s1. The quantitative estimate of drug-likeness (QED) is 0.479. The number of rotatable bonds is 3. The fourth-order valence-corrected chi connectivity index (χ4v) is 5.22. The van der Waals surface area contributed by atoms with Crippen LogP contribution in [-0.4, -0.2) is 9.97 Å². The van der Waals surface area contributed by atoms with E-state index in [1.807, 2.05) is 35.0 Å². The number of thiophene rings is 3. The molecule has 4 heterocycles. The Bertz CT molecular complexity index is 1100. The van der Waals surface area contributed by atoms with Gasteiger partial charge < -0.3 is 4.98 Å². The molecule has 4 rings (SSSR count). The average Bonchev–Trinajstić information content (AvgIpc) is 3.27. The lowest BCUT2D eigenvalue weighted by Gasteiger charge is -2.00. The predicted octanol–water partition coefficient (Wildman–Crippen LogP) is 5.82. The summed E-state index contributed by atoms with van der Waals surface area (Å²) >= 11 is 11.1. The molecule has 0 spiro atoms. The van der Waals surface area contributed by atoms with E-state index in [0.29, 0.717) is 21.1 Å². The molecule has 0 saturated carbocycles. The summed E-state index contributed by atoms with van der Waals surface area (Å²) < 4.78 is 0. The summed E-state index contributed by atoms with van der Waals surface area (Å²) in [6.45, 7) is 2.05. The van der Waals surface area contributed by atoms with E-state index < -0.39 is 0 Å². The van der Waals surface area contributed by atoms with Crippen LogP contribution < -0.4 is 5.56 Å². The Hall–Kier alpha value is -1.73. The second-order valence-corrected chi connectivity index (χ2v) is 8.69. The first-order chi connectivity index (χ1) is 11.6. The molecule has 0 fully saturated rings. The number of nitrogens with zero attached hydrogens (tertiary/aromatic N) is 1. The Morgan fingerprint density at radius 1 is 1.29 bits per heavy atom. The van der Waals surface area contributed by atoms with Crippen molar-refractivity contribution in [1.29, 1.82) is 0 Å². The largest absolute Gasteiger partial charge is 0.305 e. The third-order valence-electron chi connectivity index (χ3n) is 3.49. The molecular formula is C17H11ClN2OS3. The molecule has 24 heavy (non-hydrogen) atoms. The van der Waals surface area contributed by atoms with Crippen molar-refractivity contribution in [2.75, 3.05) is 0 Å². The molecule has 0 aliphatic heterocycles. The second-order valence-electron chi connectivity index (χ2n) is 5.16. The zero-order valence-electron chi connectivity index (χ0n) is 12.5. The molecule has 120 valence electrons. The maximum absolute atomic E-state index is 12.6. The van der Waals surface area contributed by atoms with Crippen LogP contribution in [-0.2, 0) is 0 Å². The van der Waals surface area contributed by atoms with Crippen molar-refractivity contribution >= 4 is 66.9 Å². The number of aromatic amines is 1. The molecule has 1 N–H and O–H groups in total. The van der Waals surface area contributed by atoms with Crippen molar-refractivity contribution in [2.24, 2.45) is 0 Å². The van der Waals surface area contributed by atoms with E-state index in [1.165, 1.54) is 16.2 Å². The lowest BCUT2D eigenvalue weighted by atomic mass is 10.2. The van der Waals surface area contributed by atoms with E-state index in [9.17, 15) is 4.79 Å². The normalized spacial score (nSPS) is 12.2. The molecule has 4 aromatic rings. The van der Waals surface area contributed by atoms with Gasteiger partial charge in [-0.05, 0) is 36.6 Å². The Morgan fingerprint density at radius 3 is 2.88 bits per heavy atom. The van der Waals surface area contributed by atoms with Crippen LogP contribution in [0.25, 0.3) is 31.8 Å². The van der Waals surface area contributed by atoms with Gasteiger partial charge in [0.15, 0.2) is 5.82 Å². The second kappa shape index (κ2) is 6.29. The van der Waals surface area contributed by atoms with Crippen LogP contribution in [0, 0.1) is 6.92 Å². The summed E-state index contributed by atoms with van der Waals surface area (Å²) in [6.07, 6.45) is 1.81. The summed E-state index contributed by atoms with van der Waals surface area (Å²) in [4.78, 5) is 24.0. The number of H-pyrrole nitrogens is 1. The Kier molecular flexibility index (Phi) is 4.14. The molecule has 0 atom stereocenters. The van der Waals surface area contributed by atoms with Crippen molar-refractivity contribution in [2.45, 2.75) is 6.92 Å². The molecule has 0 aliphatic carbocycles. The van der Waals surface area contributed by atoms with Gasteiger partial charge in [0.25, 0.3) is 5.56 Å². The number of nitrogens with one attached hydrogen (secondary N) is 1.